The van der Waals surface area contributed by atoms with Gasteiger partial charge in [0.2, 0.25) is 0 Å². The molecule has 0 aliphatic carbocycles. The van der Waals surface area contributed by atoms with Crippen molar-refractivity contribution >= 4 is 28.3 Å². The van der Waals surface area contributed by atoms with Crippen LogP contribution in [-0.4, -0.2) is 19.3 Å². The van der Waals surface area contributed by atoms with Crippen LogP contribution in [0.5, 0.6) is 0 Å². The number of benzene rings is 1. The average molecular weight is 346 g/mol. The smallest absolute Gasteiger partial charge is 0.0588 e. The van der Waals surface area contributed by atoms with Crippen LogP contribution in [0, 0.1) is 3.57 Å². The van der Waals surface area contributed by atoms with E-state index in [1.54, 1.807) is 0 Å². The molecule has 1 atom stereocenters. The normalized spacial score (nSPS) is 19.7. The lowest BCUT2D eigenvalue weighted by Crippen LogP contribution is -2.19. The van der Waals surface area contributed by atoms with Crippen molar-refractivity contribution < 1.29 is 4.74 Å². The summed E-state index contributed by atoms with van der Waals surface area (Å²) in [4.78, 5) is 0. The second-order valence-corrected chi connectivity index (χ2v) is 5.62. The van der Waals surface area contributed by atoms with Gasteiger partial charge in [-0.3, -0.25) is 0 Å². The standard InChI is InChI=1S/C13H19IN2O/c14-12-8-10(3-4-13(12)15)9-16-6-5-11-2-1-7-17-11/h3-4,8,11,16H,1-2,5-7,9,15H2. The molecule has 3 nitrogen and oxygen atoms in total. The predicted octanol–water partition coefficient (Wildman–Crippen LogP) is 2.53. The second-order valence-electron chi connectivity index (χ2n) is 4.46. The van der Waals surface area contributed by atoms with Crippen molar-refractivity contribution in [3.8, 4) is 0 Å². The number of nitrogen functional groups attached to an aromatic ring is 1. The summed E-state index contributed by atoms with van der Waals surface area (Å²) in [5, 5.41) is 3.45. The number of nitrogens with two attached hydrogens (primary N) is 1. The largest absolute Gasteiger partial charge is 0.398 e. The average Bonchev–Trinajstić information content (AvgIpc) is 2.82. The van der Waals surface area contributed by atoms with Gasteiger partial charge in [-0.05, 0) is 66.1 Å². The van der Waals surface area contributed by atoms with E-state index in [2.05, 4.69) is 40.0 Å². The van der Waals surface area contributed by atoms with E-state index in [0.717, 1.165) is 35.4 Å². The van der Waals surface area contributed by atoms with Gasteiger partial charge in [-0.1, -0.05) is 6.07 Å². The van der Waals surface area contributed by atoms with Crippen molar-refractivity contribution in [2.24, 2.45) is 0 Å². The van der Waals surface area contributed by atoms with E-state index >= 15 is 0 Å². The third-order valence-corrected chi connectivity index (χ3v) is 4.00. The summed E-state index contributed by atoms with van der Waals surface area (Å²) in [5.74, 6) is 0. The minimum atomic E-state index is 0.481. The topological polar surface area (TPSA) is 47.3 Å². The van der Waals surface area contributed by atoms with Crippen LogP contribution in [-0.2, 0) is 11.3 Å². The summed E-state index contributed by atoms with van der Waals surface area (Å²) < 4.78 is 6.71. The molecular weight excluding hydrogens is 327 g/mol. The van der Waals surface area contributed by atoms with Crippen molar-refractivity contribution in [1.29, 1.82) is 0 Å². The summed E-state index contributed by atoms with van der Waals surface area (Å²) >= 11 is 2.27. The zero-order valence-corrected chi connectivity index (χ0v) is 12.1. The summed E-state index contributed by atoms with van der Waals surface area (Å²) in [6.45, 7) is 2.87. The Labute approximate surface area is 116 Å². The van der Waals surface area contributed by atoms with Gasteiger partial charge >= 0.3 is 0 Å². The van der Waals surface area contributed by atoms with Crippen molar-refractivity contribution in [2.75, 3.05) is 18.9 Å². The van der Waals surface area contributed by atoms with E-state index < -0.39 is 0 Å². The molecule has 0 radical (unpaired) electrons. The van der Waals surface area contributed by atoms with Crippen LogP contribution in [0.4, 0.5) is 5.69 Å². The van der Waals surface area contributed by atoms with Gasteiger partial charge in [-0.15, -0.1) is 0 Å². The molecule has 0 saturated carbocycles. The molecule has 0 amide bonds. The van der Waals surface area contributed by atoms with Crippen LogP contribution < -0.4 is 11.1 Å². The van der Waals surface area contributed by atoms with Crippen LogP contribution in [0.15, 0.2) is 18.2 Å². The number of rotatable bonds is 5. The van der Waals surface area contributed by atoms with E-state index in [-0.39, 0.29) is 0 Å². The minimum Gasteiger partial charge on any atom is -0.398 e. The Morgan fingerprint density at radius 2 is 2.35 bits per heavy atom. The highest BCUT2D eigenvalue weighted by Crippen LogP contribution is 2.16. The van der Waals surface area contributed by atoms with Gasteiger partial charge in [0.15, 0.2) is 0 Å². The van der Waals surface area contributed by atoms with Crippen LogP contribution in [0.2, 0.25) is 0 Å². The van der Waals surface area contributed by atoms with E-state index in [4.69, 9.17) is 10.5 Å². The molecule has 17 heavy (non-hydrogen) atoms. The third-order valence-electron chi connectivity index (χ3n) is 3.06. The Kier molecular flexibility index (Phi) is 5.06. The highest BCUT2D eigenvalue weighted by Gasteiger charge is 2.14. The Hall–Kier alpha value is -0.330. The van der Waals surface area contributed by atoms with Crippen LogP contribution in [0.3, 0.4) is 0 Å². The molecule has 3 N–H and O–H groups in total. The first-order valence-electron chi connectivity index (χ1n) is 6.12. The lowest BCUT2D eigenvalue weighted by Gasteiger charge is -2.10. The second kappa shape index (κ2) is 6.56. The van der Waals surface area contributed by atoms with E-state index in [0.29, 0.717) is 6.10 Å². The van der Waals surface area contributed by atoms with E-state index in [1.165, 1.54) is 18.4 Å². The van der Waals surface area contributed by atoms with Crippen molar-refractivity contribution in [3.05, 3.63) is 27.3 Å². The molecule has 1 aliphatic heterocycles. The number of halogens is 1. The van der Waals surface area contributed by atoms with Gasteiger partial charge in [-0.25, -0.2) is 0 Å². The first-order chi connectivity index (χ1) is 8.25. The monoisotopic (exact) mass is 346 g/mol. The maximum atomic E-state index is 5.78. The molecule has 0 aromatic heterocycles. The number of nitrogens with one attached hydrogen (secondary N) is 1. The lowest BCUT2D eigenvalue weighted by molar-refractivity contribution is 0.104. The van der Waals surface area contributed by atoms with Crippen molar-refractivity contribution in [3.63, 3.8) is 0 Å². The summed E-state index contributed by atoms with van der Waals surface area (Å²) in [5.41, 5.74) is 7.93. The Bertz CT molecular complexity index is 364. The number of hydrogen-bond acceptors (Lipinski definition) is 3. The molecule has 1 heterocycles. The zero-order chi connectivity index (χ0) is 12.1. The molecule has 1 saturated heterocycles. The maximum absolute atomic E-state index is 5.78. The highest BCUT2D eigenvalue weighted by atomic mass is 127. The van der Waals surface area contributed by atoms with Gasteiger partial charge < -0.3 is 15.8 Å². The molecule has 4 heteroatoms. The van der Waals surface area contributed by atoms with Gasteiger partial charge in [0.05, 0.1) is 6.10 Å². The van der Waals surface area contributed by atoms with Crippen LogP contribution >= 0.6 is 22.6 Å². The summed E-state index contributed by atoms with van der Waals surface area (Å²) in [7, 11) is 0. The van der Waals surface area contributed by atoms with Crippen molar-refractivity contribution in [1.82, 2.24) is 5.32 Å². The van der Waals surface area contributed by atoms with Gasteiger partial charge in [0.1, 0.15) is 0 Å². The molecular formula is C13H19IN2O. The quantitative estimate of drug-likeness (QED) is 0.489. The van der Waals surface area contributed by atoms with E-state index in [9.17, 15) is 0 Å². The van der Waals surface area contributed by atoms with Crippen LogP contribution in [0.1, 0.15) is 24.8 Å². The Morgan fingerprint density at radius 1 is 1.47 bits per heavy atom. The zero-order valence-electron chi connectivity index (χ0n) is 9.92. The first kappa shape index (κ1) is 13.1. The summed E-state index contributed by atoms with van der Waals surface area (Å²) in [6, 6.07) is 6.18. The SMILES string of the molecule is Nc1ccc(CNCCC2CCCO2)cc1I. The predicted molar refractivity (Wildman–Crippen MR) is 78.9 cm³/mol. The fourth-order valence-electron chi connectivity index (χ4n) is 2.05. The van der Waals surface area contributed by atoms with Gasteiger partial charge in [0, 0.05) is 22.4 Å². The van der Waals surface area contributed by atoms with E-state index in [1.807, 2.05) is 6.07 Å². The Balaban J connectivity index is 1.68. The molecule has 2 rings (SSSR count). The molecule has 1 aliphatic rings. The minimum absolute atomic E-state index is 0.481. The molecule has 0 bridgehead atoms. The molecule has 1 aromatic carbocycles. The summed E-state index contributed by atoms with van der Waals surface area (Å²) in [6.07, 6.45) is 4.04. The number of anilines is 1. The number of ether oxygens (including phenoxy) is 1. The molecule has 1 aromatic rings. The molecule has 94 valence electrons. The first-order valence-corrected chi connectivity index (χ1v) is 7.20. The number of hydrogen-bond donors (Lipinski definition) is 2. The fraction of sp³-hybridized carbons (Fsp3) is 0.538. The van der Waals surface area contributed by atoms with Crippen molar-refractivity contribution in [2.45, 2.75) is 31.9 Å². The van der Waals surface area contributed by atoms with Gasteiger partial charge in [-0.2, -0.15) is 0 Å². The van der Waals surface area contributed by atoms with Crippen LogP contribution in [0.25, 0.3) is 0 Å². The Morgan fingerprint density at radius 3 is 3.06 bits per heavy atom. The lowest BCUT2D eigenvalue weighted by atomic mass is 10.1. The molecule has 0 spiro atoms. The molecule has 1 fully saturated rings. The maximum Gasteiger partial charge on any atom is 0.0588 e. The highest BCUT2D eigenvalue weighted by molar-refractivity contribution is 14.1. The third kappa shape index (κ3) is 4.12. The van der Waals surface area contributed by atoms with Gasteiger partial charge in [0.25, 0.3) is 0 Å². The molecule has 1 unspecified atom stereocenters. The fourth-order valence-corrected chi connectivity index (χ4v) is 2.63.